The van der Waals surface area contributed by atoms with E-state index in [9.17, 15) is 0 Å². The van der Waals surface area contributed by atoms with E-state index in [4.69, 9.17) is 0 Å². The van der Waals surface area contributed by atoms with Gasteiger partial charge in [-0.3, -0.25) is 0 Å². The van der Waals surface area contributed by atoms with Gasteiger partial charge in [-0.15, -0.1) is 25.7 Å². The minimum atomic E-state index is 0. The fourth-order valence-corrected chi connectivity index (χ4v) is 2.67. The molecule has 108 valence electrons. The maximum Gasteiger partial charge on any atom is 1.00 e. The number of benzene rings is 1. The van der Waals surface area contributed by atoms with Gasteiger partial charge in [-0.25, -0.2) is 0 Å². The van der Waals surface area contributed by atoms with E-state index in [-0.39, 0.29) is 37.7 Å². The third kappa shape index (κ3) is 6.56. The average Bonchev–Trinajstić information content (AvgIpc) is 2.48. The summed E-state index contributed by atoms with van der Waals surface area (Å²) in [5, 5.41) is 0. The normalized spacial score (nSPS) is 16.8. The van der Waals surface area contributed by atoms with Gasteiger partial charge in [0.2, 0.25) is 0 Å². The topological polar surface area (TPSA) is 0 Å². The standard InChI is InChI=1S/C20H26.2Li/c1-3-5-7-11-17-15-19-13-9-10-14-20(19)16-18(17)12-8-6-4-2;;/h9-10,13-14H,3-8,15-16H2,1-2H3;;/q-2;2*+1. The van der Waals surface area contributed by atoms with E-state index < -0.39 is 0 Å². The largest absolute Gasteiger partial charge is 1.00 e. The molecule has 22 heavy (non-hydrogen) atoms. The van der Waals surface area contributed by atoms with Gasteiger partial charge < -0.3 is 23.3 Å². The molecule has 0 aromatic heterocycles. The first kappa shape index (κ1) is 21.9. The summed E-state index contributed by atoms with van der Waals surface area (Å²) in [6.45, 7) is 4.49. The Morgan fingerprint density at radius 1 is 0.773 bits per heavy atom. The molecular weight excluding hydrogens is 254 g/mol. The minimum Gasteiger partial charge on any atom is -0.373 e. The third-order valence-corrected chi connectivity index (χ3v) is 3.95. The monoisotopic (exact) mass is 280 g/mol. The summed E-state index contributed by atoms with van der Waals surface area (Å²) in [6.07, 6.45) is 16.6. The summed E-state index contributed by atoms with van der Waals surface area (Å²) >= 11 is 0. The summed E-state index contributed by atoms with van der Waals surface area (Å²) in [4.78, 5) is 0. The maximum absolute atomic E-state index is 3.66. The van der Waals surface area contributed by atoms with Crippen molar-refractivity contribution < 1.29 is 37.7 Å². The molecule has 0 saturated heterocycles. The van der Waals surface area contributed by atoms with E-state index >= 15 is 0 Å². The predicted octanol–water partition coefficient (Wildman–Crippen LogP) is -0.367. The van der Waals surface area contributed by atoms with Crippen LogP contribution in [0.1, 0.15) is 63.5 Å². The quantitative estimate of drug-likeness (QED) is 0.379. The molecule has 0 radical (unpaired) electrons. The van der Waals surface area contributed by atoms with Gasteiger partial charge in [0.15, 0.2) is 0 Å². The van der Waals surface area contributed by atoms with Crippen LogP contribution in [-0.4, -0.2) is 0 Å². The molecule has 0 atom stereocenters. The van der Waals surface area contributed by atoms with Gasteiger partial charge in [0.05, 0.1) is 0 Å². The average molecular weight is 280 g/mol. The fourth-order valence-electron chi connectivity index (χ4n) is 2.67. The summed E-state index contributed by atoms with van der Waals surface area (Å²) in [7, 11) is 0. The van der Waals surface area contributed by atoms with E-state index in [1.807, 2.05) is 0 Å². The molecule has 0 N–H and O–H groups in total. The van der Waals surface area contributed by atoms with Gasteiger partial charge in [0.1, 0.15) is 0 Å². The molecule has 0 heterocycles. The molecule has 2 rings (SSSR count). The Kier molecular flexibility index (Phi) is 12.3. The van der Waals surface area contributed by atoms with E-state index in [1.54, 1.807) is 0 Å². The van der Waals surface area contributed by atoms with Gasteiger partial charge >= 0.3 is 37.7 Å². The Balaban J connectivity index is 0.00000220. The van der Waals surface area contributed by atoms with Crippen LogP contribution in [-0.2, 0) is 12.8 Å². The number of rotatable bonds is 6. The Hall–Kier alpha value is -0.105. The van der Waals surface area contributed by atoms with Gasteiger partial charge in [-0.2, -0.15) is 0 Å². The Bertz CT molecular complexity index is 441. The number of hydrogen-bond donors (Lipinski definition) is 0. The molecule has 0 saturated carbocycles. The summed E-state index contributed by atoms with van der Waals surface area (Å²) in [5.41, 5.74) is 5.78. The van der Waals surface area contributed by atoms with Crippen LogP contribution in [0.15, 0.2) is 35.4 Å². The van der Waals surface area contributed by atoms with E-state index in [1.165, 1.54) is 48.0 Å². The molecular formula is C20H26Li2. The Labute approximate surface area is 161 Å². The van der Waals surface area contributed by atoms with Crippen molar-refractivity contribution in [2.45, 2.75) is 65.2 Å². The second-order valence-electron chi connectivity index (χ2n) is 5.64. The second-order valence-corrected chi connectivity index (χ2v) is 5.64. The van der Waals surface area contributed by atoms with Crippen molar-refractivity contribution in [3.8, 4) is 0 Å². The predicted molar refractivity (Wildman–Crippen MR) is 86.4 cm³/mol. The third-order valence-electron chi connectivity index (χ3n) is 3.95. The van der Waals surface area contributed by atoms with Crippen LogP contribution in [0.2, 0.25) is 0 Å². The van der Waals surface area contributed by atoms with Crippen LogP contribution in [0.4, 0.5) is 0 Å². The van der Waals surface area contributed by atoms with Crippen LogP contribution in [0, 0.1) is 12.2 Å². The SMILES string of the molecule is CCCC[C-]=C1Cc2ccccc2CC1=[C-]CCCC.[Li+].[Li+]. The fraction of sp³-hybridized carbons (Fsp3) is 0.500. The van der Waals surface area contributed by atoms with Crippen LogP contribution in [0.5, 0.6) is 0 Å². The van der Waals surface area contributed by atoms with Gasteiger partial charge in [-0.1, -0.05) is 74.9 Å². The van der Waals surface area contributed by atoms with E-state index in [0.29, 0.717) is 0 Å². The molecule has 0 nitrogen and oxygen atoms in total. The molecule has 1 aromatic carbocycles. The van der Waals surface area contributed by atoms with Crippen molar-refractivity contribution in [1.82, 2.24) is 0 Å². The second kappa shape index (κ2) is 12.3. The molecule has 0 amide bonds. The summed E-state index contributed by atoms with van der Waals surface area (Å²) < 4.78 is 0. The minimum absolute atomic E-state index is 0. The van der Waals surface area contributed by atoms with Crippen LogP contribution in [0.3, 0.4) is 0 Å². The Morgan fingerprint density at radius 2 is 1.18 bits per heavy atom. The molecule has 2 heteroatoms. The van der Waals surface area contributed by atoms with Crippen LogP contribution < -0.4 is 37.7 Å². The summed E-state index contributed by atoms with van der Waals surface area (Å²) in [5.74, 6) is 0. The smallest absolute Gasteiger partial charge is 0.373 e. The molecule has 0 unspecified atom stereocenters. The Morgan fingerprint density at radius 3 is 1.55 bits per heavy atom. The number of hydrogen-bond acceptors (Lipinski definition) is 0. The molecule has 0 bridgehead atoms. The number of fused-ring (bicyclic) bond motifs is 1. The van der Waals surface area contributed by atoms with Gasteiger partial charge in [-0.05, 0) is 0 Å². The van der Waals surface area contributed by atoms with E-state index in [2.05, 4.69) is 50.3 Å². The first-order valence-corrected chi connectivity index (χ1v) is 8.11. The number of unbranched alkanes of at least 4 members (excludes halogenated alkanes) is 4. The zero-order chi connectivity index (χ0) is 14.2. The molecule has 1 aromatic rings. The molecule has 0 fully saturated rings. The number of allylic oxidation sites excluding steroid dienone is 4. The molecule has 1 aliphatic rings. The summed E-state index contributed by atoms with van der Waals surface area (Å²) in [6, 6.07) is 8.83. The molecule has 0 aliphatic heterocycles. The van der Waals surface area contributed by atoms with Gasteiger partial charge in [0.25, 0.3) is 0 Å². The van der Waals surface area contributed by atoms with Crippen LogP contribution in [0.25, 0.3) is 0 Å². The van der Waals surface area contributed by atoms with Crippen molar-refractivity contribution in [1.29, 1.82) is 0 Å². The van der Waals surface area contributed by atoms with Crippen LogP contribution >= 0.6 is 0 Å². The van der Waals surface area contributed by atoms with Crippen molar-refractivity contribution >= 4 is 0 Å². The molecule has 1 aliphatic carbocycles. The maximum atomic E-state index is 3.66. The van der Waals surface area contributed by atoms with Crippen molar-refractivity contribution in [3.63, 3.8) is 0 Å². The van der Waals surface area contributed by atoms with Gasteiger partial charge in [0, 0.05) is 0 Å². The van der Waals surface area contributed by atoms with E-state index in [0.717, 1.165) is 25.7 Å². The zero-order valence-electron chi connectivity index (χ0n) is 15.0. The first-order chi connectivity index (χ1) is 9.85. The zero-order valence-corrected chi connectivity index (χ0v) is 15.0. The van der Waals surface area contributed by atoms with Crippen molar-refractivity contribution in [2.75, 3.05) is 0 Å². The van der Waals surface area contributed by atoms with Crippen molar-refractivity contribution in [3.05, 3.63) is 58.7 Å². The van der Waals surface area contributed by atoms with Crippen molar-refractivity contribution in [2.24, 2.45) is 0 Å². The molecule has 0 spiro atoms. The first-order valence-electron chi connectivity index (χ1n) is 8.11.